The van der Waals surface area contributed by atoms with Gasteiger partial charge in [-0.15, -0.1) is 0 Å². The summed E-state index contributed by atoms with van der Waals surface area (Å²) in [7, 11) is 0. The molecule has 1 saturated carbocycles. The van der Waals surface area contributed by atoms with Crippen molar-refractivity contribution < 1.29 is 0 Å². The van der Waals surface area contributed by atoms with Crippen molar-refractivity contribution in [3.63, 3.8) is 0 Å². The number of aromatic nitrogens is 5. The molecule has 0 amide bonds. The zero-order chi connectivity index (χ0) is 22.5. The number of rotatable bonds is 3. The van der Waals surface area contributed by atoms with Crippen molar-refractivity contribution in [2.75, 3.05) is 0 Å². The molecule has 0 atom stereocenters. The third kappa shape index (κ3) is 3.11. The molecule has 1 fully saturated rings. The number of hydrogen-bond acceptors (Lipinski definition) is 3. The largest absolute Gasteiger partial charge is 0.327 e. The molecule has 0 saturated heterocycles. The predicted octanol–water partition coefficient (Wildman–Crippen LogP) is 7.07. The van der Waals surface area contributed by atoms with Crippen molar-refractivity contribution in [3.8, 4) is 22.5 Å². The number of nitrogens with zero attached hydrogens (tertiary/aromatic N) is 5. The van der Waals surface area contributed by atoms with E-state index in [0.717, 1.165) is 33.7 Å². The zero-order valence-electron chi connectivity index (χ0n) is 18.9. The van der Waals surface area contributed by atoms with Crippen molar-refractivity contribution in [1.29, 1.82) is 0 Å². The van der Waals surface area contributed by atoms with Gasteiger partial charge in [0, 0.05) is 35.8 Å². The maximum Gasteiger partial charge on any atom is 0.163 e. The van der Waals surface area contributed by atoms with Gasteiger partial charge in [-0.1, -0.05) is 67.8 Å². The van der Waals surface area contributed by atoms with Gasteiger partial charge in [0.1, 0.15) is 5.69 Å². The molecule has 1 aliphatic carbocycles. The van der Waals surface area contributed by atoms with E-state index in [1.54, 1.807) is 0 Å². The van der Waals surface area contributed by atoms with Gasteiger partial charge in [0.15, 0.2) is 5.65 Å². The van der Waals surface area contributed by atoms with E-state index >= 15 is 0 Å². The third-order valence-electron chi connectivity index (χ3n) is 7.26. The van der Waals surface area contributed by atoms with Crippen molar-refractivity contribution in [1.82, 2.24) is 23.9 Å². The van der Waals surface area contributed by atoms with Crippen LogP contribution < -0.4 is 0 Å². The van der Waals surface area contributed by atoms with Gasteiger partial charge in [-0.25, -0.2) is 15.0 Å². The molecule has 0 unspecified atom stereocenters. The molecule has 5 heteroatoms. The van der Waals surface area contributed by atoms with Crippen LogP contribution in [0.3, 0.4) is 0 Å². The normalized spacial score (nSPS) is 14.9. The second kappa shape index (κ2) is 7.80. The highest BCUT2D eigenvalue weighted by Gasteiger charge is 2.19. The minimum Gasteiger partial charge on any atom is -0.327 e. The molecule has 0 bridgehead atoms. The first-order valence-corrected chi connectivity index (χ1v) is 12.1. The number of benzene rings is 3. The Morgan fingerprint density at radius 2 is 1.74 bits per heavy atom. The zero-order valence-corrected chi connectivity index (χ0v) is 18.9. The molecular formula is C29H25N5. The lowest BCUT2D eigenvalue weighted by atomic mass is 9.95. The number of hydrogen-bond donors (Lipinski definition) is 0. The topological polar surface area (TPSA) is 48.0 Å². The van der Waals surface area contributed by atoms with Gasteiger partial charge >= 0.3 is 0 Å². The van der Waals surface area contributed by atoms with Gasteiger partial charge in [-0.2, -0.15) is 0 Å². The molecule has 3 aromatic heterocycles. The fourth-order valence-electron chi connectivity index (χ4n) is 5.53. The van der Waals surface area contributed by atoms with Gasteiger partial charge in [0.05, 0.1) is 23.1 Å². The highest BCUT2D eigenvalue weighted by atomic mass is 15.1. The van der Waals surface area contributed by atoms with E-state index in [1.165, 1.54) is 48.4 Å². The minimum absolute atomic E-state index is 0.566. The molecule has 3 heterocycles. The molecule has 7 rings (SSSR count). The molecular weight excluding hydrogens is 418 g/mol. The lowest BCUT2D eigenvalue weighted by Gasteiger charge is -2.23. The first-order chi connectivity index (χ1) is 16.8. The molecule has 5 nitrogen and oxygen atoms in total. The molecule has 6 aromatic rings. The Balaban J connectivity index is 1.38. The predicted molar refractivity (Wildman–Crippen MR) is 137 cm³/mol. The van der Waals surface area contributed by atoms with E-state index in [0.29, 0.717) is 6.04 Å². The van der Waals surface area contributed by atoms with Crippen LogP contribution in [0.2, 0.25) is 0 Å². The molecule has 0 spiro atoms. The van der Waals surface area contributed by atoms with Crippen LogP contribution in [0.25, 0.3) is 50.0 Å². The van der Waals surface area contributed by atoms with Gasteiger partial charge in [-0.05, 0) is 35.7 Å². The summed E-state index contributed by atoms with van der Waals surface area (Å²) in [5, 5.41) is 2.41. The molecule has 3 aromatic carbocycles. The van der Waals surface area contributed by atoms with Gasteiger partial charge in [0.25, 0.3) is 0 Å². The summed E-state index contributed by atoms with van der Waals surface area (Å²) in [6.45, 7) is 0. The second-order valence-corrected chi connectivity index (χ2v) is 9.31. The van der Waals surface area contributed by atoms with Crippen LogP contribution in [-0.4, -0.2) is 23.9 Å². The minimum atomic E-state index is 0.566. The SMILES string of the molecule is c1ccc2c(-c3cn4ccnc4c(-c4ccc5c(c4)ncn5C4CCCCC4)n3)cccc2c1. The average Bonchev–Trinajstić information content (AvgIpc) is 3.55. The van der Waals surface area contributed by atoms with E-state index in [4.69, 9.17) is 9.97 Å². The first-order valence-electron chi connectivity index (χ1n) is 12.1. The van der Waals surface area contributed by atoms with E-state index in [9.17, 15) is 0 Å². The van der Waals surface area contributed by atoms with E-state index in [2.05, 4.69) is 80.8 Å². The lowest BCUT2D eigenvalue weighted by Crippen LogP contribution is -2.11. The Bertz CT molecular complexity index is 1650. The van der Waals surface area contributed by atoms with Crippen molar-refractivity contribution in [2.24, 2.45) is 0 Å². The fraction of sp³-hybridized carbons (Fsp3) is 0.207. The maximum atomic E-state index is 5.15. The lowest BCUT2D eigenvalue weighted by molar-refractivity contribution is 0.359. The maximum absolute atomic E-state index is 5.15. The number of imidazole rings is 2. The van der Waals surface area contributed by atoms with Gasteiger partial charge < -0.3 is 8.97 Å². The third-order valence-corrected chi connectivity index (χ3v) is 7.26. The molecule has 34 heavy (non-hydrogen) atoms. The Morgan fingerprint density at radius 3 is 2.68 bits per heavy atom. The average molecular weight is 444 g/mol. The Hall–Kier alpha value is -3.99. The summed E-state index contributed by atoms with van der Waals surface area (Å²) in [5.41, 5.74) is 7.06. The van der Waals surface area contributed by atoms with Gasteiger partial charge in [-0.3, -0.25) is 0 Å². The highest BCUT2D eigenvalue weighted by molar-refractivity contribution is 5.96. The highest BCUT2D eigenvalue weighted by Crippen LogP contribution is 2.34. The summed E-state index contributed by atoms with van der Waals surface area (Å²) in [6, 6.07) is 22.0. The van der Waals surface area contributed by atoms with Crippen LogP contribution in [0, 0.1) is 0 Å². The standard InChI is InChI=1S/C29H25N5/c1-2-9-22(10-3-1)34-19-31-25-17-21(13-14-27(25)34)28-29-30-15-16-33(29)18-26(32-28)24-12-6-8-20-7-4-5-11-23(20)24/h4-8,11-19,22H,1-3,9-10H2. The van der Waals surface area contributed by atoms with Crippen LogP contribution in [0.5, 0.6) is 0 Å². The molecule has 0 N–H and O–H groups in total. The van der Waals surface area contributed by atoms with Crippen LogP contribution in [0.15, 0.2) is 85.6 Å². The Labute approximate surface area is 197 Å². The van der Waals surface area contributed by atoms with Crippen LogP contribution in [0.1, 0.15) is 38.1 Å². The monoisotopic (exact) mass is 443 g/mol. The van der Waals surface area contributed by atoms with Crippen LogP contribution in [-0.2, 0) is 0 Å². The van der Waals surface area contributed by atoms with Crippen LogP contribution in [0.4, 0.5) is 0 Å². The van der Waals surface area contributed by atoms with Crippen molar-refractivity contribution in [3.05, 3.63) is 85.6 Å². The summed E-state index contributed by atoms with van der Waals surface area (Å²) >= 11 is 0. The molecule has 0 aliphatic heterocycles. The summed E-state index contributed by atoms with van der Waals surface area (Å²) < 4.78 is 4.45. The first kappa shape index (κ1) is 19.5. The van der Waals surface area contributed by atoms with Crippen molar-refractivity contribution in [2.45, 2.75) is 38.1 Å². The number of fused-ring (bicyclic) bond motifs is 3. The fourth-order valence-corrected chi connectivity index (χ4v) is 5.53. The summed E-state index contributed by atoms with van der Waals surface area (Å²) in [5.74, 6) is 0. The molecule has 166 valence electrons. The molecule has 0 radical (unpaired) electrons. The van der Waals surface area contributed by atoms with E-state index in [1.807, 2.05) is 18.7 Å². The van der Waals surface area contributed by atoms with E-state index in [-0.39, 0.29) is 0 Å². The Morgan fingerprint density at radius 1 is 0.853 bits per heavy atom. The second-order valence-electron chi connectivity index (χ2n) is 9.31. The van der Waals surface area contributed by atoms with Crippen molar-refractivity contribution >= 4 is 27.5 Å². The summed E-state index contributed by atoms with van der Waals surface area (Å²) in [4.78, 5) is 14.6. The van der Waals surface area contributed by atoms with E-state index < -0.39 is 0 Å². The quantitative estimate of drug-likeness (QED) is 0.294. The smallest absolute Gasteiger partial charge is 0.163 e. The summed E-state index contributed by atoms with van der Waals surface area (Å²) in [6.07, 6.45) is 14.4. The van der Waals surface area contributed by atoms with Gasteiger partial charge in [0.2, 0.25) is 0 Å². The Kier molecular flexibility index (Phi) is 4.47. The van der Waals surface area contributed by atoms with Crippen LogP contribution >= 0.6 is 0 Å². The molecule has 1 aliphatic rings.